The maximum absolute atomic E-state index is 12.8. The number of morpholine rings is 1. The summed E-state index contributed by atoms with van der Waals surface area (Å²) in [6.07, 6.45) is 1.06. The van der Waals surface area contributed by atoms with E-state index in [2.05, 4.69) is 6.58 Å². The van der Waals surface area contributed by atoms with Gasteiger partial charge in [-0.1, -0.05) is 66.7 Å². The van der Waals surface area contributed by atoms with Crippen molar-refractivity contribution in [3.63, 3.8) is 0 Å². The van der Waals surface area contributed by atoms with Gasteiger partial charge in [-0.15, -0.1) is 0 Å². The molecule has 0 atom stereocenters. The number of esters is 1. The minimum atomic E-state index is -0.284. The van der Waals surface area contributed by atoms with E-state index in [1.165, 1.54) is 11.8 Å². The Morgan fingerprint density at radius 1 is 1.10 bits per heavy atom. The molecule has 0 radical (unpaired) electrons. The molecule has 0 unspecified atom stereocenters. The van der Waals surface area contributed by atoms with E-state index in [0.29, 0.717) is 65.9 Å². The summed E-state index contributed by atoms with van der Waals surface area (Å²) in [5.41, 5.74) is 0.786. The van der Waals surface area contributed by atoms with E-state index in [9.17, 15) is 9.59 Å². The largest absolute Gasteiger partial charge is 0.425 e. The Balaban J connectivity index is 1.81. The van der Waals surface area contributed by atoms with Gasteiger partial charge in [0.15, 0.2) is 0 Å². The van der Waals surface area contributed by atoms with Crippen LogP contribution >= 0.6 is 35.0 Å². The fourth-order valence-corrected chi connectivity index (χ4v) is 4.57. The second kappa shape index (κ2) is 11.0. The highest BCUT2D eigenvalue weighted by Crippen LogP contribution is 2.43. The molecule has 3 rings (SSSR count). The van der Waals surface area contributed by atoms with Gasteiger partial charge in [-0.2, -0.15) is 0 Å². The smallest absolute Gasteiger partial charge is 0.311 e. The molecule has 1 fully saturated rings. The SMILES string of the molecule is C=C(C(=O)N1CCOCC1)c1ccc(Sc2ccccc2OC(=O)CCC)c(Cl)c1Cl. The summed E-state index contributed by atoms with van der Waals surface area (Å²) in [5, 5.41) is 0.577. The molecule has 1 saturated heterocycles. The molecule has 0 spiro atoms. The van der Waals surface area contributed by atoms with Crippen LogP contribution in [0.15, 0.2) is 52.8 Å². The summed E-state index contributed by atoms with van der Waals surface area (Å²) in [4.78, 5) is 27.8. The summed E-state index contributed by atoms with van der Waals surface area (Å²) in [6.45, 7) is 7.91. The number of carbonyl (C=O) groups excluding carboxylic acids is 2. The first-order valence-corrected chi connectivity index (χ1v) is 11.5. The molecule has 8 heteroatoms. The molecular formula is C23H23Cl2NO4S. The molecule has 31 heavy (non-hydrogen) atoms. The Kier molecular flexibility index (Phi) is 8.43. The summed E-state index contributed by atoms with van der Waals surface area (Å²) in [5.74, 6) is -0.00285. The first-order valence-electron chi connectivity index (χ1n) is 9.94. The van der Waals surface area contributed by atoms with E-state index in [4.69, 9.17) is 32.7 Å². The summed E-state index contributed by atoms with van der Waals surface area (Å²) < 4.78 is 10.8. The number of hydrogen-bond donors (Lipinski definition) is 0. The van der Waals surface area contributed by atoms with Gasteiger partial charge in [0.05, 0.1) is 28.2 Å². The van der Waals surface area contributed by atoms with E-state index in [1.807, 2.05) is 19.1 Å². The monoisotopic (exact) mass is 479 g/mol. The molecule has 1 aliphatic rings. The third-order valence-corrected chi connectivity index (χ3v) is 6.79. The average molecular weight is 480 g/mol. The van der Waals surface area contributed by atoms with Crippen LogP contribution in [-0.4, -0.2) is 43.1 Å². The Hall–Kier alpha value is -1.99. The average Bonchev–Trinajstić information content (AvgIpc) is 2.78. The summed E-state index contributed by atoms with van der Waals surface area (Å²) >= 11 is 14.4. The first-order chi connectivity index (χ1) is 14.9. The van der Waals surface area contributed by atoms with Crippen molar-refractivity contribution >= 4 is 52.4 Å². The fourth-order valence-electron chi connectivity index (χ4n) is 3.03. The molecule has 0 aliphatic carbocycles. The van der Waals surface area contributed by atoms with Crippen molar-refractivity contribution in [2.24, 2.45) is 0 Å². The van der Waals surface area contributed by atoms with Gasteiger partial charge in [0.25, 0.3) is 5.91 Å². The van der Waals surface area contributed by atoms with E-state index in [-0.39, 0.29) is 16.9 Å². The molecule has 0 N–H and O–H groups in total. The van der Waals surface area contributed by atoms with Crippen LogP contribution in [0.2, 0.25) is 10.0 Å². The molecule has 1 aliphatic heterocycles. The molecule has 0 saturated carbocycles. The van der Waals surface area contributed by atoms with Crippen molar-refractivity contribution in [1.82, 2.24) is 4.90 Å². The van der Waals surface area contributed by atoms with Crippen molar-refractivity contribution in [2.75, 3.05) is 26.3 Å². The molecule has 5 nitrogen and oxygen atoms in total. The molecule has 1 heterocycles. The highest BCUT2D eigenvalue weighted by molar-refractivity contribution is 7.99. The van der Waals surface area contributed by atoms with Crippen molar-refractivity contribution < 1.29 is 19.1 Å². The van der Waals surface area contributed by atoms with E-state index >= 15 is 0 Å². The maximum Gasteiger partial charge on any atom is 0.311 e. The van der Waals surface area contributed by atoms with Crippen molar-refractivity contribution in [3.05, 3.63) is 58.6 Å². The Labute approximate surface area is 196 Å². The van der Waals surface area contributed by atoms with Gasteiger partial charge in [-0.05, 0) is 24.6 Å². The Bertz CT molecular complexity index is 990. The normalized spacial score (nSPS) is 13.7. The first kappa shape index (κ1) is 23.7. The second-order valence-corrected chi connectivity index (χ2v) is 8.73. The number of rotatable bonds is 7. The molecular weight excluding hydrogens is 457 g/mol. The van der Waals surface area contributed by atoms with E-state index in [0.717, 1.165) is 4.90 Å². The zero-order valence-corrected chi connectivity index (χ0v) is 19.5. The predicted octanol–water partition coefficient (Wildman–Crippen LogP) is 5.72. The van der Waals surface area contributed by atoms with Gasteiger partial charge in [0.2, 0.25) is 0 Å². The molecule has 2 aromatic rings. The lowest BCUT2D eigenvalue weighted by Gasteiger charge is -2.27. The highest BCUT2D eigenvalue weighted by atomic mass is 35.5. The minimum Gasteiger partial charge on any atom is -0.425 e. The van der Waals surface area contributed by atoms with Crippen LogP contribution in [0.5, 0.6) is 5.75 Å². The topological polar surface area (TPSA) is 55.8 Å². The van der Waals surface area contributed by atoms with Gasteiger partial charge in [0.1, 0.15) is 5.75 Å². The molecule has 0 aromatic heterocycles. The van der Waals surface area contributed by atoms with Crippen LogP contribution in [0, 0.1) is 0 Å². The standard InChI is InChI=1S/C23H23Cl2NO4S/c1-3-6-20(27)30-17-7-4-5-8-18(17)31-19-10-9-16(21(24)22(19)25)15(2)23(28)26-11-13-29-14-12-26/h4-5,7-10H,2-3,6,11-14H2,1H3. The molecule has 2 aromatic carbocycles. The van der Waals surface area contributed by atoms with Crippen LogP contribution in [0.3, 0.4) is 0 Å². The van der Waals surface area contributed by atoms with Crippen molar-refractivity contribution in [3.8, 4) is 5.75 Å². The zero-order chi connectivity index (χ0) is 22.4. The van der Waals surface area contributed by atoms with Crippen molar-refractivity contribution in [2.45, 2.75) is 29.6 Å². The minimum absolute atomic E-state index is 0.185. The van der Waals surface area contributed by atoms with Gasteiger partial charge < -0.3 is 14.4 Å². The van der Waals surface area contributed by atoms with Crippen LogP contribution < -0.4 is 4.74 Å². The number of amides is 1. The van der Waals surface area contributed by atoms with Gasteiger partial charge in [-0.25, -0.2) is 0 Å². The second-order valence-electron chi connectivity index (χ2n) is 6.90. The lowest BCUT2D eigenvalue weighted by molar-refractivity contribution is -0.134. The Morgan fingerprint density at radius 3 is 2.52 bits per heavy atom. The molecule has 0 bridgehead atoms. The van der Waals surface area contributed by atoms with Gasteiger partial charge in [0, 0.05) is 35.5 Å². The zero-order valence-electron chi connectivity index (χ0n) is 17.2. The molecule has 164 valence electrons. The maximum atomic E-state index is 12.8. The lowest BCUT2D eigenvalue weighted by Crippen LogP contribution is -2.40. The molecule has 1 amide bonds. The van der Waals surface area contributed by atoms with Gasteiger partial charge in [-0.3, -0.25) is 9.59 Å². The highest BCUT2D eigenvalue weighted by Gasteiger charge is 2.23. The van der Waals surface area contributed by atoms with Crippen LogP contribution in [0.25, 0.3) is 5.57 Å². The number of benzene rings is 2. The van der Waals surface area contributed by atoms with Crippen LogP contribution in [0.1, 0.15) is 25.3 Å². The van der Waals surface area contributed by atoms with Crippen molar-refractivity contribution in [1.29, 1.82) is 0 Å². The third kappa shape index (κ3) is 5.83. The number of para-hydroxylation sites is 1. The Morgan fingerprint density at radius 2 is 1.81 bits per heavy atom. The van der Waals surface area contributed by atoms with Crippen LogP contribution in [-0.2, 0) is 14.3 Å². The number of halogens is 2. The summed E-state index contributed by atoms with van der Waals surface area (Å²) in [7, 11) is 0. The number of ether oxygens (including phenoxy) is 2. The van der Waals surface area contributed by atoms with E-state index in [1.54, 1.807) is 29.2 Å². The number of nitrogens with zero attached hydrogens (tertiary/aromatic N) is 1. The predicted molar refractivity (Wildman–Crippen MR) is 124 cm³/mol. The number of hydrogen-bond acceptors (Lipinski definition) is 5. The quantitative estimate of drug-likeness (QED) is 0.288. The van der Waals surface area contributed by atoms with Gasteiger partial charge >= 0.3 is 5.97 Å². The fraction of sp³-hybridized carbons (Fsp3) is 0.304. The third-order valence-electron chi connectivity index (χ3n) is 4.68. The summed E-state index contributed by atoms with van der Waals surface area (Å²) in [6, 6.07) is 10.8. The number of carbonyl (C=O) groups is 2. The van der Waals surface area contributed by atoms with Crippen LogP contribution in [0.4, 0.5) is 0 Å². The van der Waals surface area contributed by atoms with E-state index < -0.39 is 0 Å². The lowest BCUT2D eigenvalue weighted by atomic mass is 10.1.